The second kappa shape index (κ2) is 8.38. The first-order valence-corrected chi connectivity index (χ1v) is 10.3. The van der Waals surface area contributed by atoms with Gasteiger partial charge in [-0.15, -0.1) is 0 Å². The van der Waals surface area contributed by atoms with Gasteiger partial charge in [0.2, 0.25) is 0 Å². The maximum absolute atomic E-state index is 12.6. The van der Waals surface area contributed by atoms with Gasteiger partial charge >= 0.3 is 12.0 Å². The van der Waals surface area contributed by atoms with Gasteiger partial charge in [-0.1, -0.05) is 0 Å². The van der Waals surface area contributed by atoms with Crippen LogP contribution in [-0.2, 0) is 19.4 Å². The van der Waals surface area contributed by atoms with E-state index in [4.69, 9.17) is 10.5 Å². The van der Waals surface area contributed by atoms with Crippen molar-refractivity contribution in [1.82, 2.24) is 4.90 Å². The van der Waals surface area contributed by atoms with E-state index in [-0.39, 0.29) is 17.1 Å². The summed E-state index contributed by atoms with van der Waals surface area (Å²) >= 11 is 0. The van der Waals surface area contributed by atoms with Gasteiger partial charge in [0.1, 0.15) is 0 Å². The van der Waals surface area contributed by atoms with E-state index in [1.807, 2.05) is 0 Å². The average Bonchev–Trinajstić information content (AvgIpc) is 2.95. The molecule has 0 aromatic heterocycles. The number of carbonyl (C=O) groups is 3. The van der Waals surface area contributed by atoms with E-state index < -0.39 is 39.9 Å². The summed E-state index contributed by atoms with van der Waals surface area (Å²) in [5.74, 6) is -1.14. The molecule has 3 N–H and O–H groups in total. The van der Waals surface area contributed by atoms with E-state index in [0.717, 1.165) is 0 Å². The number of primary amides is 1. The minimum Gasteiger partial charge on any atom is -0.449 e. The number of ether oxygens (including phenoxy) is 1. The Balaban J connectivity index is 2.00. The fourth-order valence-corrected chi connectivity index (χ4v) is 4.69. The number of benzene rings is 1. The Morgan fingerprint density at radius 1 is 1.30 bits per heavy atom. The molecule has 9 nitrogen and oxygen atoms in total. The molecule has 1 fully saturated rings. The number of nitrogens with one attached hydrogen (secondary N) is 1. The predicted octanol–water partition coefficient (Wildman–Crippen LogP) is 0.758. The van der Waals surface area contributed by atoms with Gasteiger partial charge in [-0.2, -0.15) is 0 Å². The Hall–Kier alpha value is -2.62. The number of amides is 3. The van der Waals surface area contributed by atoms with Crippen LogP contribution < -0.4 is 11.1 Å². The summed E-state index contributed by atoms with van der Waals surface area (Å²) in [5.41, 5.74) is 5.63. The monoisotopic (exact) mass is 397 g/mol. The largest absolute Gasteiger partial charge is 0.449 e. The predicted molar refractivity (Wildman–Crippen MR) is 99.0 cm³/mol. The summed E-state index contributed by atoms with van der Waals surface area (Å²) in [6.07, 6.45) is -0.666. The lowest BCUT2D eigenvalue weighted by Gasteiger charge is -2.29. The first kappa shape index (κ1) is 20.7. The van der Waals surface area contributed by atoms with Gasteiger partial charge in [0.15, 0.2) is 15.9 Å². The van der Waals surface area contributed by atoms with Crippen molar-refractivity contribution >= 4 is 33.4 Å². The second-order valence-electron chi connectivity index (χ2n) is 6.30. The van der Waals surface area contributed by atoms with Crippen LogP contribution in [0, 0.1) is 0 Å². The molecule has 0 aliphatic carbocycles. The zero-order valence-corrected chi connectivity index (χ0v) is 16.0. The third kappa shape index (κ3) is 5.43. The van der Waals surface area contributed by atoms with E-state index in [1.165, 1.54) is 36.1 Å². The lowest BCUT2D eigenvalue weighted by atomic mass is 10.2. The van der Waals surface area contributed by atoms with Gasteiger partial charge in [-0.05, 0) is 44.5 Å². The molecule has 2 rings (SSSR count). The molecule has 0 unspecified atom stereocenters. The minimum absolute atomic E-state index is 0.0568. The smallest absolute Gasteiger partial charge is 0.338 e. The molecule has 0 saturated carbocycles. The third-order valence-electron chi connectivity index (χ3n) is 4.29. The van der Waals surface area contributed by atoms with Gasteiger partial charge in [0.05, 0.1) is 17.1 Å². The molecule has 1 aromatic rings. The van der Waals surface area contributed by atoms with E-state index in [9.17, 15) is 22.8 Å². The van der Waals surface area contributed by atoms with Gasteiger partial charge in [0, 0.05) is 18.3 Å². The topological polar surface area (TPSA) is 136 Å². The average molecular weight is 397 g/mol. The number of nitrogens with zero attached hydrogens (tertiary/aromatic N) is 1. The molecule has 3 amide bonds. The van der Waals surface area contributed by atoms with Crippen molar-refractivity contribution < 1.29 is 27.5 Å². The Morgan fingerprint density at radius 3 is 2.41 bits per heavy atom. The number of hydrogen-bond acceptors (Lipinski definition) is 6. The van der Waals surface area contributed by atoms with Crippen molar-refractivity contribution in [3.63, 3.8) is 0 Å². The van der Waals surface area contributed by atoms with E-state index >= 15 is 0 Å². The van der Waals surface area contributed by atoms with Gasteiger partial charge < -0.3 is 20.7 Å². The molecular formula is C17H23N3O6S. The molecule has 10 heteroatoms. The second-order valence-corrected chi connectivity index (χ2v) is 8.52. The van der Waals surface area contributed by atoms with Gasteiger partial charge in [-0.25, -0.2) is 18.0 Å². The molecule has 0 bridgehead atoms. The number of esters is 1. The summed E-state index contributed by atoms with van der Waals surface area (Å²) in [6.45, 7) is 3.53. The van der Waals surface area contributed by atoms with Gasteiger partial charge in [-0.3, -0.25) is 4.79 Å². The molecule has 1 saturated heterocycles. The van der Waals surface area contributed by atoms with Crippen LogP contribution in [0.15, 0.2) is 24.3 Å². The molecule has 1 aliphatic heterocycles. The first-order chi connectivity index (χ1) is 12.6. The Labute approximate surface area is 157 Å². The van der Waals surface area contributed by atoms with Crippen molar-refractivity contribution in [3.05, 3.63) is 29.8 Å². The maximum atomic E-state index is 12.6. The third-order valence-corrected chi connectivity index (χ3v) is 6.04. The highest BCUT2D eigenvalue weighted by molar-refractivity contribution is 7.91. The van der Waals surface area contributed by atoms with Crippen LogP contribution >= 0.6 is 0 Å². The Bertz CT molecular complexity index is 822. The number of likely N-dealkylation sites (N-methyl/N-ethyl adjacent to an activating group) is 1. The van der Waals surface area contributed by atoms with Crippen LogP contribution in [0.25, 0.3) is 0 Å². The number of hydrogen-bond donors (Lipinski definition) is 2. The number of sulfone groups is 1. The molecular weight excluding hydrogens is 374 g/mol. The minimum atomic E-state index is -3.13. The standard InChI is InChI=1S/C17H23N3O6S/c1-3-20(14-8-9-27(24,25)10-14)15(21)11(2)26-16(22)12-4-6-13(7-5-12)19-17(18)23/h4-7,11,14H,3,8-10H2,1-2H3,(H3,18,19,23)/t11-,14-/m1/s1. The zero-order valence-electron chi connectivity index (χ0n) is 15.2. The van der Waals surface area contributed by atoms with E-state index in [1.54, 1.807) is 6.92 Å². The molecule has 1 aliphatic rings. The fourth-order valence-electron chi connectivity index (χ4n) is 2.96. The Kier molecular flexibility index (Phi) is 6.42. The summed E-state index contributed by atoms with van der Waals surface area (Å²) < 4.78 is 28.5. The van der Waals surface area contributed by atoms with Crippen LogP contribution in [0.1, 0.15) is 30.6 Å². The molecule has 2 atom stereocenters. The molecule has 1 heterocycles. The van der Waals surface area contributed by atoms with E-state index in [0.29, 0.717) is 18.7 Å². The van der Waals surface area contributed by atoms with Crippen molar-refractivity contribution in [1.29, 1.82) is 0 Å². The van der Waals surface area contributed by atoms with Crippen molar-refractivity contribution in [2.75, 3.05) is 23.4 Å². The molecule has 1 aromatic carbocycles. The van der Waals surface area contributed by atoms with Crippen LogP contribution in [0.2, 0.25) is 0 Å². The first-order valence-electron chi connectivity index (χ1n) is 8.51. The van der Waals surface area contributed by atoms with Crippen LogP contribution in [0.5, 0.6) is 0 Å². The SMILES string of the molecule is CCN(C(=O)[C@@H](C)OC(=O)c1ccc(NC(N)=O)cc1)[C@@H]1CCS(=O)(=O)C1. The highest BCUT2D eigenvalue weighted by Gasteiger charge is 2.36. The van der Waals surface area contributed by atoms with Crippen molar-refractivity contribution in [2.45, 2.75) is 32.4 Å². The van der Waals surface area contributed by atoms with Gasteiger partial charge in [0.25, 0.3) is 5.91 Å². The summed E-state index contributed by atoms with van der Waals surface area (Å²) in [7, 11) is -3.13. The highest BCUT2D eigenvalue weighted by Crippen LogP contribution is 2.19. The van der Waals surface area contributed by atoms with Crippen LogP contribution in [0.4, 0.5) is 10.5 Å². The molecule has 148 valence electrons. The van der Waals surface area contributed by atoms with E-state index in [2.05, 4.69) is 5.32 Å². The molecule has 0 radical (unpaired) electrons. The zero-order chi connectivity index (χ0) is 20.2. The lowest BCUT2D eigenvalue weighted by molar-refractivity contribution is -0.141. The van der Waals surface area contributed by atoms with Crippen LogP contribution in [-0.4, -0.2) is 61.4 Å². The highest BCUT2D eigenvalue weighted by atomic mass is 32.2. The fraction of sp³-hybridized carbons (Fsp3) is 0.471. The molecule has 0 spiro atoms. The van der Waals surface area contributed by atoms with Crippen molar-refractivity contribution in [2.24, 2.45) is 5.73 Å². The number of carbonyl (C=O) groups excluding carboxylic acids is 3. The quantitative estimate of drug-likeness (QED) is 0.680. The summed E-state index contributed by atoms with van der Waals surface area (Å²) in [5, 5.41) is 2.37. The van der Waals surface area contributed by atoms with Crippen molar-refractivity contribution in [3.8, 4) is 0 Å². The summed E-state index contributed by atoms with van der Waals surface area (Å²) in [6, 6.07) is 4.72. The number of rotatable bonds is 6. The number of anilines is 1. The normalized spacial score (nSPS) is 19.1. The number of urea groups is 1. The maximum Gasteiger partial charge on any atom is 0.338 e. The summed E-state index contributed by atoms with van der Waals surface area (Å²) in [4.78, 5) is 37.1. The van der Waals surface area contributed by atoms with Crippen LogP contribution in [0.3, 0.4) is 0 Å². The Morgan fingerprint density at radius 2 is 1.93 bits per heavy atom. The lowest BCUT2D eigenvalue weighted by Crippen LogP contribution is -2.46. The number of nitrogens with two attached hydrogens (primary N) is 1. The molecule has 27 heavy (non-hydrogen) atoms.